The number of rotatable bonds is 3. The van der Waals surface area contributed by atoms with Gasteiger partial charge in [0.15, 0.2) is 11.5 Å². The molecule has 3 aromatic rings. The van der Waals surface area contributed by atoms with E-state index in [1.807, 2.05) is 79.7 Å². The highest BCUT2D eigenvalue weighted by Gasteiger charge is 2.34. The zero-order valence-corrected chi connectivity index (χ0v) is 16.0. The van der Waals surface area contributed by atoms with Crippen LogP contribution in [0.15, 0.2) is 77.9 Å². The van der Waals surface area contributed by atoms with Crippen LogP contribution in [0.1, 0.15) is 39.5 Å². The van der Waals surface area contributed by atoms with Crippen LogP contribution in [0, 0.1) is 6.92 Å². The topological polar surface area (TPSA) is 51.1 Å². The van der Waals surface area contributed by atoms with Crippen LogP contribution in [0.4, 0.5) is 0 Å². The van der Waals surface area contributed by atoms with E-state index in [9.17, 15) is 4.79 Å². The summed E-state index contributed by atoms with van der Waals surface area (Å²) in [4.78, 5) is 13.3. The van der Waals surface area contributed by atoms with Gasteiger partial charge in [-0.15, -0.1) is 0 Å². The average molecular weight is 384 g/mol. The highest BCUT2D eigenvalue weighted by atomic mass is 16.7. The van der Waals surface area contributed by atoms with Crippen LogP contribution in [0.25, 0.3) is 0 Å². The van der Waals surface area contributed by atoms with Crippen LogP contribution in [-0.4, -0.2) is 23.4 Å². The molecule has 144 valence electrons. The molecule has 1 atom stereocenters. The van der Waals surface area contributed by atoms with Gasteiger partial charge in [0.1, 0.15) is 0 Å². The van der Waals surface area contributed by atoms with Crippen molar-refractivity contribution in [1.82, 2.24) is 5.01 Å². The summed E-state index contributed by atoms with van der Waals surface area (Å²) >= 11 is 0. The predicted molar refractivity (Wildman–Crippen MR) is 110 cm³/mol. The molecule has 29 heavy (non-hydrogen) atoms. The number of carbonyl (C=O) groups excluding carboxylic acids is 1. The van der Waals surface area contributed by atoms with Crippen molar-refractivity contribution in [3.05, 3.63) is 95.1 Å². The SMILES string of the molecule is Cc1ccc(C(=O)N2N=C(c3ccccc3)C[C@H]2c2ccc3c(c2)OCO3)cc1. The van der Waals surface area contributed by atoms with Gasteiger partial charge in [-0.1, -0.05) is 54.1 Å². The molecular formula is C24H20N2O3. The zero-order valence-electron chi connectivity index (χ0n) is 16.0. The smallest absolute Gasteiger partial charge is 0.274 e. The molecule has 5 rings (SSSR count). The van der Waals surface area contributed by atoms with Crippen molar-refractivity contribution >= 4 is 11.6 Å². The maximum Gasteiger partial charge on any atom is 0.274 e. The standard InChI is InChI=1S/C24H20N2O3/c1-16-7-9-18(10-8-16)24(27)26-21(14-20(25-26)17-5-3-2-4-6-17)19-11-12-22-23(13-19)29-15-28-22/h2-13,21H,14-15H2,1H3/t21-/m0/s1. The largest absolute Gasteiger partial charge is 0.454 e. The van der Waals surface area contributed by atoms with Crippen molar-refractivity contribution in [2.24, 2.45) is 5.10 Å². The van der Waals surface area contributed by atoms with E-state index in [0.717, 1.165) is 28.2 Å². The summed E-state index contributed by atoms with van der Waals surface area (Å²) in [5.41, 5.74) is 4.64. The molecule has 0 saturated heterocycles. The molecule has 2 aliphatic rings. The first kappa shape index (κ1) is 17.5. The molecule has 0 bridgehead atoms. The number of fused-ring (bicyclic) bond motifs is 1. The van der Waals surface area contributed by atoms with Gasteiger partial charge in [0.25, 0.3) is 5.91 Å². The van der Waals surface area contributed by atoms with Crippen molar-refractivity contribution in [3.63, 3.8) is 0 Å². The van der Waals surface area contributed by atoms with Crippen molar-refractivity contribution in [2.45, 2.75) is 19.4 Å². The van der Waals surface area contributed by atoms with Gasteiger partial charge in [-0.2, -0.15) is 5.10 Å². The second kappa shape index (κ2) is 7.09. The molecule has 0 fully saturated rings. The van der Waals surface area contributed by atoms with E-state index in [0.29, 0.717) is 17.7 Å². The van der Waals surface area contributed by atoms with Crippen molar-refractivity contribution in [2.75, 3.05) is 6.79 Å². The number of aryl methyl sites for hydroxylation is 1. The second-order valence-electron chi connectivity index (χ2n) is 7.26. The lowest BCUT2D eigenvalue weighted by molar-refractivity contribution is 0.0711. The fraction of sp³-hybridized carbons (Fsp3) is 0.167. The minimum Gasteiger partial charge on any atom is -0.454 e. The van der Waals surface area contributed by atoms with Crippen LogP contribution >= 0.6 is 0 Å². The monoisotopic (exact) mass is 384 g/mol. The Labute approximate surface area is 169 Å². The fourth-order valence-electron chi connectivity index (χ4n) is 3.71. The number of hydrogen-bond acceptors (Lipinski definition) is 4. The predicted octanol–water partition coefficient (Wildman–Crippen LogP) is 4.72. The van der Waals surface area contributed by atoms with Crippen LogP contribution in [-0.2, 0) is 0 Å². The lowest BCUT2D eigenvalue weighted by atomic mass is 9.97. The molecule has 0 N–H and O–H groups in total. The Hall–Kier alpha value is -3.60. The Morgan fingerprint density at radius 1 is 0.966 bits per heavy atom. The maximum absolute atomic E-state index is 13.3. The molecule has 3 aromatic carbocycles. The summed E-state index contributed by atoms with van der Waals surface area (Å²) in [6.45, 7) is 2.23. The normalized spacial score (nSPS) is 17.3. The second-order valence-corrected chi connectivity index (χ2v) is 7.26. The number of hydrogen-bond donors (Lipinski definition) is 0. The first-order chi connectivity index (χ1) is 14.2. The molecule has 2 heterocycles. The minimum absolute atomic E-state index is 0.112. The van der Waals surface area contributed by atoms with E-state index in [-0.39, 0.29) is 18.7 Å². The van der Waals surface area contributed by atoms with Gasteiger partial charge in [-0.05, 0) is 42.3 Å². The van der Waals surface area contributed by atoms with Gasteiger partial charge in [0.2, 0.25) is 6.79 Å². The van der Waals surface area contributed by atoms with Gasteiger partial charge in [0, 0.05) is 12.0 Å². The van der Waals surface area contributed by atoms with Gasteiger partial charge < -0.3 is 9.47 Å². The van der Waals surface area contributed by atoms with Crippen LogP contribution in [0.5, 0.6) is 11.5 Å². The summed E-state index contributed by atoms with van der Waals surface area (Å²) in [6, 6.07) is 23.2. The third kappa shape index (κ3) is 3.25. The molecule has 0 aliphatic carbocycles. The fourth-order valence-corrected chi connectivity index (χ4v) is 3.71. The first-order valence-electron chi connectivity index (χ1n) is 9.62. The van der Waals surface area contributed by atoms with Crippen molar-refractivity contribution in [1.29, 1.82) is 0 Å². The third-order valence-corrected chi connectivity index (χ3v) is 5.31. The summed E-state index contributed by atoms with van der Waals surface area (Å²) in [7, 11) is 0. The molecule has 1 amide bonds. The Balaban J connectivity index is 1.53. The Morgan fingerprint density at radius 3 is 2.52 bits per heavy atom. The van der Waals surface area contributed by atoms with Crippen LogP contribution in [0.3, 0.4) is 0 Å². The number of ether oxygens (including phenoxy) is 2. The highest BCUT2D eigenvalue weighted by Crippen LogP contribution is 2.39. The molecule has 0 aromatic heterocycles. The minimum atomic E-state index is -0.200. The third-order valence-electron chi connectivity index (χ3n) is 5.31. The molecule has 5 heteroatoms. The lowest BCUT2D eigenvalue weighted by Gasteiger charge is -2.22. The number of amides is 1. The molecular weight excluding hydrogens is 364 g/mol. The van der Waals surface area contributed by atoms with Gasteiger partial charge in [-0.3, -0.25) is 4.79 Å². The van der Waals surface area contributed by atoms with Gasteiger partial charge in [0.05, 0.1) is 11.8 Å². The first-order valence-corrected chi connectivity index (χ1v) is 9.62. The average Bonchev–Trinajstić information content (AvgIpc) is 3.41. The Morgan fingerprint density at radius 2 is 1.72 bits per heavy atom. The van der Waals surface area contributed by atoms with Crippen molar-refractivity contribution < 1.29 is 14.3 Å². The molecule has 5 nitrogen and oxygen atoms in total. The Kier molecular flexibility index (Phi) is 4.28. The highest BCUT2D eigenvalue weighted by molar-refractivity contribution is 6.05. The molecule has 0 spiro atoms. The number of benzene rings is 3. The van der Waals surface area contributed by atoms with E-state index < -0.39 is 0 Å². The Bertz CT molecular complexity index is 1090. The summed E-state index contributed by atoms with van der Waals surface area (Å²) in [5.74, 6) is 1.32. The molecule has 0 saturated carbocycles. The van der Waals surface area contributed by atoms with Crippen LogP contribution in [0.2, 0.25) is 0 Å². The van der Waals surface area contributed by atoms with Crippen molar-refractivity contribution in [3.8, 4) is 11.5 Å². The van der Waals surface area contributed by atoms with Crippen LogP contribution < -0.4 is 9.47 Å². The quantitative estimate of drug-likeness (QED) is 0.657. The van der Waals surface area contributed by atoms with E-state index in [4.69, 9.17) is 14.6 Å². The van der Waals surface area contributed by atoms with Gasteiger partial charge in [-0.25, -0.2) is 5.01 Å². The van der Waals surface area contributed by atoms with E-state index in [2.05, 4.69) is 0 Å². The van der Waals surface area contributed by atoms with E-state index in [1.165, 1.54) is 0 Å². The molecule has 0 radical (unpaired) electrons. The zero-order chi connectivity index (χ0) is 19.8. The summed E-state index contributed by atoms with van der Waals surface area (Å²) < 4.78 is 11.0. The molecule has 0 unspecified atom stereocenters. The maximum atomic E-state index is 13.3. The van der Waals surface area contributed by atoms with E-state index >= 15 is 0 Å². The summed E-state index contributed by atoms with van der Waals surface area (Å²) in [5, 5.41) is 6.34. The lowest BCUT2D eigenvalue weighted by Crippen LogP contribution is -2.27. The van der Waals surface area contributed by atoms with Gasteiger partial charge >= 0.3 is 0 Å². The molecule has 2 aliphatic heterocycles. The number of nitrogens with zero attached hydrogens (tertiary/aromatic N) is 2. The summed E-state index contributed by atoms with van der Waals surface area (Å²) in [6.07, 6.45) is 0.640. The number of carbonyl (C=O) groups is 1. The van der Waals surface area contributed by atoms with E-state index in [1.54, 1.807) is 5.01 Å². The number of hydrazone groups is 1.